The highest BCUT2D eigenvalue weighted by Crippen LogP contribution is 2.16. The summed E-state index contributed by atoms with van der Waals surface area (Å²) in [6.07, 6.45) is 0.0829. The summed E-state index contributed by atoms with van der Waals surface area (Å²) >= 11 is 0. The molecule has 1 rings (SSSR count). The van der Waals surface area contributed by atoms with Crippen molar-refractivity contribution in [3.05, 3.63) is 24.3 Å². The number of rotatable bonds is 8. The van der Waals surface area contributed by atoms with E-state index in [1.165, 1.54) is 0 Å². The quantitative estimate of drug-likeness (QED) is 0.660. The van der Waals surface area contributed by atoms with Crippen LogP contribution in [0.1, 0.15) is 19.8 Å². The molecule has 1 aromatic rings. The fraction of sp³-hybridized carbons (Fsp3) is 0.357. The number of nitrogens with two attached hydrogens (primary N) is 1. The van der Waals surface area contributed by atoms with Crippen LogP contribution in [-0.2, 0) is 14.4 Å². The van der Waals surface area contributed by atoms with Crippen molar-refractivity contribution in [3.8, 4) is 5.75 Å². The molecule has 0 radical (unpaired) electrons. The smallest absolute Gasteiger partial charge is 0.303 e. The Hall–Kier alpha value is -2.57. The van der Waals surface area contributed by atoms with E-state index in [9.17, 15) is 14.4 Å². The number of aliphatic carboxylic acids is 1. The molecule has 0 spiro atoms. The molecule has 7 nitrogen and oxygen atoms in total. The van der Waals surface area contributed by atoms with Gasteiger partial charge in [-0.3, -0.25) is 14.4 Å². The monoisotopic (exact) mass is 294 g/mol. The lowest BCUT2D eigenvalue weighted by Crippen LogP contribution is -2.20. The van der Waals surface area contributed by atoms with Crippen molar-refractivity contribution in [2.45, 2.75) is 19.8 Å². The van der Waals surface area contributed by atoms with E-state index in [0.29, 0.717) is 11.4 Å². The van der Waals surface area contributed by atoms with Crippen LogP contribution in [-0.4, -0.2) is 29.5 Å². The van der Waals surface area contributed by atoms with Crippen molar-refractivity contribution in [2.75, 3.05) is 11.9 Å². The van der Waals surface area contributed by atoms with Crippen molar-refractivity contribution in [3.63, 3.8) is 0 Å². The van der Waals surface area contributed by atoms with Gasteiger partial charge in [0, 0.05) is 18.5 Å². The van der Waals surface area contributed by atoms with Crippen molar-refractivity contribution >= 4 is 23.5 Å². The maximum absolute atomic E-state index is 11.7. The van der Waals surface area contributed by atoms with Crippen LogP contribution in [0.3, 0.4) is 0 Å². The van der Waals surface area contributed by atoms with Crippen molar-refractivity contribution in [2.24, 2.45) is 11.7 Å². The number of hydrogen-bond acceptors (Lipinski definition) is 4. The first-order chi connectivity index (χ1) is 9.86. The maximum atomic E-state index is 11.7. The van der Waals surface area contributed by atoms with Crippen LogP contribution < -0.4 is 15.8 Å². The number of carboxylic acids is 1. The molecule has 0 aliphatic heterocycles. The summed E-state index contributed by atoms with van der Waals surface area (Å²) in [6.45, 7) is 1.49. The molecule has 21 heavy (non-hydrogen) atoms. The molecule has 1 aromatic carbocycles. The summed E-state index contributed by atoms with van der Waals surface area (Å²) in [4.78, 5) is 32.8. The van der Waals surface area contributed by atoms with Gasteiger partial charge in [0.2, 0.25) is 5.91 Å². The predicted octanol–water partition coefficient (Wildman–Crippen LogP) is 0.990. The van der Waals surface area contributed by atoms with Gasteiger partial charge in [-0.2, -0.15) is 0 Å². The van der Waals surface area contributed by atoms with Crippen molar-refractivity contribution in [1.29, 1.82) is 0 Å². The number of amides is 2. The molecule has 114 valence electrons. The molecule has 2 amide bonds. The highest BCUT2D eigenvalue weighted by atomic mass is 16.5. The number of ether oxygens (including phenoxy) is 1. The molecule has 1 unspecified atom stereocenters. The van der Waals surface area contributed by atoms with E-state index in [0.717, 1.165) is 0 Å². The van der Waals surface area contributed by atoms with Gasteiger partial charge in [-0.15, -0.1) is 0 Å². The van der Waals surface area contributed by atoms with E-state index < -0.39 is 11.9 Å². The molecule has 0 heterocycles. The van der Waals surface area contributed by atoms with Gasteiger partial charge >= 0.3 is 5.97 Å². The third-order valence-electron chi connectivity index (χ3n) is 2.58. The van der Waals surface area contributed by atoms with Gasteiger partial charge in [0.1, 0.15) is 5.75 Å². The SMILES string of the molecule is CC(CC(=O)O)CC(=O)Nc1ccc(OCC(N)=O)cc1. The molecular formula is C14H18N2O5. The molecule has 0 aromatic heterocycles. The van der Waals surface area contributed by atoms with E-state index in [4.69, 9.17) is 15.6 Å². The highest BCUT2D eigenvalue weighted by Gasteiger charge is 2.12. The van der Waals surface area contributed by atoms with E-state index in [1.807, 2.05) is 0 Å². The Kier molecular flexibility index (Phi) is 6.19. The average molecular weight is 294 g/mol. The normalized spacial score (nSPS) is 11.5. The van der Waals surface area contributed by atoms with Crippen molar-refractivity contribution in [1.82, 2.24) is 0 Å². The summed E-state index contributed by atoms with van der Waals surface area (Å²) in [7, 11) is 0. The molecule has 0 saturated carbocycles. The van der Waals surface area contributed by atoms with Crippen molar-refractivity contribution < 1.29 is 24.2 Å². The number of primary amides is 1. The number of carboxylic acid groups (broad SMARTS) is 1. The molecule has 1 atom stereocenters. The molecule has 7 heteroatoms. The number of nitrogens with one attached hydrogen (secondary N) is 1. The topological polar surface area (TPSA) is 119 Å². The maximum Gasteiger partial charge on any atom is 0.303 e. The summed E-state index contributed by atoms with van der Waals surface area (Å²) in [6, 6.07) is 6.44. The van der Waals surface area contributed by atoms with E-state index in [1.54, 1.807) is 31.2 Å². The van der Waals surface area contributed by atoms with Crippen LogP contribution in [0.5, 0.6) is 5.75 Å². The standard InChI is InChI=1S/C14H18N2O5/c1-9(7-14(19)20)6-13(18)16-10-2-4-11(5-3-10)21-8-12(15)17/h2-5,9H,6-8H2,1H3,(H2,15,17)(H,16,18)(H,19,20). The zero-order valence-electron chi connectivity index (χ0n) is 11.7. The summed E-state index contributed by atoms with van der Waals surface area (Å²) in [5.41, 5.74) is 5.52. The Morgan fingerprint density at radius 1 is 1.24 bits per heavy atom. The molecule has 0 aliphatic rings. The van der Waals surface area contributed by atoms with E-state index >= 15 is 0 Å². The van der Waals surface area contributed by atoms with Crippen LogP contribution in [0.15, 0.2) is 24.3 Å². The summed E-state index contributed by atoms with van der Waals surface area (Å²) < 4.78 is 5.08. The van der Waals surface area contributed by atoms with E-state index in [2.05, 4.69) is 5.32 Å². The minimum atomic E-state index is -0.925. The first kappa shape index (κ1) is 16.5. The summed E-state index contributed by atoms with van der Waals surface area (Å²) in [5, 5.41) is 11.3. The molecule has 0 saturated heterocycles. The number of carbonyl (C=O) groups excluding carboxylic acids is 2. The average Bonchev–Trinajstić information content (AvgIpc) is 2.36. The fourth-order valence-corrected chi connectivity index (χ4v) is 1.69. The Labute approximate surface area is 122 Å². The third-order valence-corrected chi connectivity index (χ3v) is 2.58. The number of anilines is 1. The molecule has 0 aliphatic carbocycles. The van der Waals surface area contributed by atoms with Crippen LogP contribution in [0, 0.1) is 5.92 Å². The molecule has 0 fully saturated rings. The zero-order chi connectivity index (χ0) is 15.8. The second-order valence-corrected chi connectivity index (χ2v) is 4.73. The number of hydrogen-bond donors (Lipinski definition) is 3. The van der Waals surface area contributed by atoms with E-state index in [-0.39, 0.29) is 31.3 Å². The van der Waals surface area contributed by atoms with Gasteiger partial charge < -0.3 is 20.9 Å². The Balaban J connectivity index is 2.45. The van der Waals surface area contributed by atoms with Crippen LogP contribution >= 0.6 is 0 Å². The predicted molar refractivity (Wildman–Crippen MR) is 75.8 cm³/mol. The fourth-order valence-electron chi connectivity index (χ4n) is 1.69. The molecule has 0 bridgehead atoms. The lowest BCUT2D eigenvalue weighted by Gasteiger charge is -2.10. The number of carbonyl (C=O) groups is 3. The van der Waals surface area contributed by atoms with Gasteiger partial charge in [0.15, 0.2) is 6.61 Å². The first-order valence-corrected chi connectivity index (χ1v) is 6.39. The van der Waals surface area contributed by atoms with Gasteiger partial charge in [-0.25, -0.2) is 0 Å². The second-order valence-electron chi connectivity index (χ2n) is 4.73. The van der Waals surface area contributed by atoms with Gasteiger partial charge in [0.25, 0.3) is 5.91 Å². The van der Waals surface area contributed by atoms with Gasteiger partial charge in [-0.1, -0.05) is 6.92 Å². The van der Waals surface area contributed by atoms with Gasteiger partial charge in [0.05, 0.1) is 0 Å². The first-order valence-electron chi connectivity index (χ1n) is 6.39. The van der Waals surface area contributed by atoms with Crippen LogP contribution in [0.25, 0.3) is 0 Å². The largest absolute Gasteiger partial charge is 0.484 e. The van der Waals surface area contributed by atoms with Crippen LogP contribution in [0.2, 0.25) is 0 Å². The Morgan fingerprint density at radius 2 is 1.86 bits per heavy atom. The minimum Gasteiger partial charge on any atom is -0.484 e. The lowest BCUT2D eigenvalue weighted by molar-refractivity contribution is -0.138. The summed E-state index contributed by atoms with van der Waals surface area (Å²) in [5.74, 6) is -1.52. The lowest BCUT2D eigenvalue weighted by atomic mass is 10.0. The zero-order valence-corrected chi connectivity index (χ0v) is 11.7. The second kappa shape index (κ2) is 7.88. The number of benzene rings is 1. The molecular weight excluding hydrogens is 276 g/mol. The highest BCUT2D eigenvalue weighted by molar-refractivity contribution is 5.91. The molecule has 4 N–H and O–H groups in total. The van der Waals surface area contributed by atoms with Gasteiger partial charge in [-0.05, 0) is 30.2 Å². The van der Waals surface area contributed by atoms with Crippen LogP contribution in [0.4, 0.5) is 5.69 Å². The Bertz CT molecular complexity index is 513. The minimum absolute atomic E-state index is 0.0483. The Morgan fingerprint density at radius 3 is 2.38 bits per heavy atom. The third kappa shape index (κ3) is 6.95.